The van der Waals surface area contributed by atoms with Gasteiger partial charge in [0.1, 0.15) is 5.75 Å². The first-order chi connectivity index (χ1) is 9.95. The molecule has 0 radical (unpaired) electrons. The molecule has 112 valence electrons. The third kappa shape index (κ3) is 4.50. The predicted octanol–water partition coefficient (Wildman–Crippen LogP) is 5.61. The van der Waals surface area contributed by atoms with Crippen LogP contribution < -0.4 is 4.74 Å². The van der Waals surface area contributed by atoms with E-state index >= 15 is 0 Å². The number of halogens is 1. The van der Waals surface area contributed by atoms with Gasteiger partial charge in [0.05, 0.1) is 11.5 Å². The molecule has 1 nitrogen and oxygen atoms in total. The van der Waals surface area contributed by atoms with E-state index in [-0.39, 0.29) is 11.5 Å². The van der Waals surface area contributed by atoms with Gasteiger partial charge in [-0.25, -0.2) is 0 Å². The first-order valence-corrected chi connectivity index (χ1v) is 7.86. The Labute approximate surface area is 132 Å². The lowest BCUT2D eigenvalue weighted by Gasteiger charge is -2.14. The summed E-state index contributed by atoms with van der Waals surface area (Å²) in [6.07, 6.45) is 1.04. The van der Waals surface area contributed by atoms with Crippen molar-refractivity contribution in [2.75, 3.05) is 0 Å². The molecule has 1 unspecified atom stereocenters. The van der Waals surface area contributed by atoms with Crippen molar-refractivity contribution in [2.45, 2.75) is 45.6 Å². The largest absolute Gasteiger partial charge is 0.491 e. The predicted molar refractivity (Wildman–Crippen MR) is 90.4 cm³/mol. The van der Waals surface area contributed by atoms with E-state index in [2.05, 4.69) is 44.2 Å². The zero-order chi connectivity index (χ0) is 15.4. The maximum absolute atomic E-state index is 6.58. The molecule has 0 saturated carbocycles. The number of alkyl halides is 1. The highest BCUT2D eigenvalue weighted by Crippen LogP contribution is 2.28. The second-order valence-corrected chi connectivity index (χ2v) is 6.36. The highest BCUT2D eigenvalue weighted by Gasteiger charge is 2.11. The van der Waals surface area contributed by atoms with Gasteiger partial charge in [0.2, 0.25) is 0 Å². The molecular formula is C19H23ClO. The van der Waals surface area contributed by atoms with Gasteiger partial charge in [-0.3, -0.25) is 0 Å². The van der Waals surface area contributed by atoms with Crippen LogP contribution in [0.1, 0.15) is 41.5 Å². The summed E-state index contributed by atoms with van der Waals surface area (Å²) in [6.45, 7) is 8.31. The molecule has 2 heteroatoms. The van der Waals surface area contributed by atoms with Crippen LogP contribution in [0.5, 0.6) is 5.75 Å². The summed E-state index contributed by atoms with van der Waals surface area (Å²) in [5.74, 6) is 0.893. The summed E-state index contributed by atoms with van der Waals surface area (Å²) in [4.78, 5) is 0. The van der Waals surface area contributed by atoms with Crippen LogP contribution in [0.2, 0.25) is 0 Å². The average molecular weight is 303 g/mol. The zero-order valence-corrected chi connectivity index (χ0v) is 13.9. The van der Waals surface area contributed by atoms with Gasteiger partial charge >= 0.3 is 0 Å². The third-order valence-corrected chi connectivity index (χ3v) is 3.92. The summed E-state index contributed by atoms with van der Waals surface area (Å²) in [5.41, 5.74) is 5.03. The summed E-state index contributed by atoms with van der Waals surface area (Å²) < 4.78 is 5.66. The van der Waals surface area contributed by atoms with Crippen LogP contribution in [0.15, 0.2) is 42.5 Å². The quantitative estimate of drug-likeness (QED) is 0.652. The smallest absolute Gasteiger partial charge is 0.119 e. The minimum Gasteiger partial charge on any atom is -0.491 e. The molecule has 0 fully saturated rings. The minimum atomic E-state index is -0.0152. The van der Waals surface area contributed by atoms with Crippen LogP contribution in [0.25, 0.3) is 0 Å². The highest BCUT2D eigenvalue weighted by atomic mass is 35.5. The van der Waals surface area contributed by atoms with Crippen molar-refractivity contribution in [1.29, 1.82) is 0 Å². The molecule has 1 atom stereocenters. The second kappa shape index (κ2) is 7.00. The number of hydrogen-bond donors (Lipinski definition) is 0. The van der Waals surface area contributed by atoms with Crippen molar-refractivity contribution in [3.05, 3.63) is 64.7 Å². The van der Waals surface area contributed by atoms with Gasteiger partial charge in [-0.1, -0.05) is 35.9 Å². The lowest BCUT2D eigenvalue weighted by atomic mass is 9.98. The molecule has 0 aromatic heterocycles. The van der Waals surface area contributed by atoms with Crippen molar-refractivity contribution in [2.24, 2.45) is 0 Å². The molecule has 2 aromatic carbocycles. The lowest BCUT2D eigenvalue weighted by Crippen LogP contribution is -2.05. The Hall–Kier alpha value is -1.47. The fourth-order valence-electron chi connectivity index (χ4n) is 2.36. The second-order valence-electron chi connectivity index (χ2n) is 5.84. The Kier molecular flexibility index (Phi) is 5.30. The van der Waals surface area contributed by atoms with Crippen LogP contribution in [-0.4, -0.2) is 6.10 Å². The van der Waals surface area contributed by atoms with E-state index in [1.807, 2.05) is 26.0 Å². The fraction of sp³-hybridized carbons (Fsp3) is 0.368. The van der Waals surface area contributed by atoms with Crippen LogP contribution in [-0.2, 0) is 6.42 Å². The summed E-state index contributed by atoms with van der Waals surface area (Å²) in [6, 6.07) is 14.6. The maximum atomic E-state index is 6.58. The van der Waals surface area contributed by atoms with E-state index in [0.29, 0.717) is 0 Å². The van der Waals surface area contributed by atoms with Crippen LogP contribution in [0.4, 0.5) is 0 Å². The standard InChI is InChI=1S/C19H23ClO/c1-13(2)21-18-9-7-16(8-10-18)19(20)12-17-11-14(3)5-6-15(17)4/h5-11,13,19H,12H2,1-4H3. The molecule has 0 aliphatic carbocycles. The van der Waals surface area contributed by atoms with Crippen LogP contribution in [0, 0.1) is 13.8 Å². The van der Waals surface area contributed by atoms with Crippen molar-refractivity contribution in [3.63, 3.8) is 0 Å². The van der Waals surface area contributed by atoms with E-state index in [0.717, 1.165) is 17.7 Å². The average Bonchev–Trinajstić information content (AvgIpc) is 2.43. The zero-order valence-electron chi connectivity index (χ0n) is 13.2. The van der Waals surface area contributed by atoms with Crippen LogP contribution in [0.3, 0.4) is 0 Å². The Morgan fingerprint density at radius 1 is 1.00 bits per heavy atom. The lowest BCUT2D eigenvalue weighted by molar-refractivity contribution is 0.242. The molecule has 0 aliphatic rings. The Balaban J connectivity index is 2.09. The van der Waals surface area contributed by atoms with E-state index in [4.69, 9.17) is 16.3 Å². The monoisotopic (exact) mass is 302 g/mol. The van der Waals surface area contributed by atoms with Gasteiger partial charge < -0.3 is 4.74 Å². The molecule has 0 saturated heterocycles. The third-order valence-electron chi connectivity index (χ3n) is 3.52. The highest BCUT2D eigenvalue weighted by molar-refractivity contribution is 6.20. The van der Waals surface area contributed by atoms with E-state index in [1.165, 1.54) is 16.7 Å². The molecule has 2 rings (SSSR count). The van der Waals surface area contributed by atoms with Gasteiger partial charge in [0, 0.05) is 0 Å². The Bertz CT molecular complexity index is 587. The van der Waals surface area contributed by atoms with Crippen molar-refractivity contribution in [3.8, 4) is 5.75 Å². The van der Waals surface area contributed by atoms with Gasteiger partial charge in [-0.15, -0.1) is 11.6 Å². The SMILES string of the molecule is Cc1ccc(C)c(CC(Cl)c2ccc(OC(C)C)cc2)c1. The molecule has 0 bridgehead atoms. The van der Waals surface area contributed by atoms with E-state index in [1.54, 1.807) is 0 Å². The van der Waals surface area contributed by atoms with E-state index < -0.39 is 0 Å². The van der Waals surface area contributed by atoms with Gasteiger partial charge in [0.25, 0.3) is 0 Å². The molecular weight excluding hydrogens is 280 g/mol. The fourth-order valence-corrected chi connectivity index (χ4v) is 2.67. The summed E-state index contributed by atoms with van der Waals surface area (Å²) in [5, 5.41) is -0.0152. The summed E-state index contributed by atoms with van der Waals surface area (Å²) in [7, 11) is 0. The molecule has 0 heterocycles. The van der Waals surface area contributed by atoms with Gasteiger partial charge in [0.15, 0.2) is 0 Å². The summed E-state index contributed by atoms with van der Waals surface area (Å²) >= 11 is 6.58. The molecule has 0 spiro atoms. The Morgan fingerprint density at radius 2 is 1.67 bits per heavy atom. The molecule has 0 N–H and O–H groups in total. The first kappa shape index (κ1) is 15.9. The van der Waals surface area contributed by atoms with Gasteiger partial charge in [-0.2, -0.15) is 0 Å². The topological polar surface area (TPSA) is 9.23 Å². The molecule has 21 heavy (non-hydrogen) atoms. The van der Waals surface area contributed by atoms with Gasteiger partial charge in [-0.05, 0) is 62.9 Å². The Morgan fingerprint density at radius 3 is 2.29 bits per heavy atom. The number of ether oxygens (including phenoxy) is 1. The maximum Gasteiger partial charge on any atom is 0.119 e. The number of benzene rings is 2. The first-order valence-electron chi connectivity index (χ1n) is 7.42. The number of aryl methyl sites for hydroxylation is 2. The van der Waals surface area contributed by atoms with Crippen molar-refractivity contribution in [1.82, 2.24) is 0 Å². The normalized spacial score (nSPS) is 12.5. The van der Waals surface area contributed by atoms with Crippen molar-refractivity contribution >= 4 is 11.6 Å². The molecule has 2 aromatic rings. The number of hydrogen-bond acceptors (Lipinski definition) is 1. The van der Waals surface area contributed by atoms with Crippen LogP contribution >= 0.6 is 11.6 Å². The molecule has 0 aliphatic heterocycles. The number of rotatable bonds is 5. The van der Waals surface area contributed by atoms with E-state index in [9.17, 15) is 0 Å². The minimum absolute atomic E-state index is 0.0152. The van der Waals surface area contributed by atoms with Crippen molar-refractivity contribution < 1.29 is 4.74 Å². The molecule has 0 amide bonds.